The summed E-state index contributed by atoms with van der Waals surface area (Å²) in [4.78, 5) is 16.1. The van der Waals surface area contributed by atoms with E-state index in [1.54, 1.807) is 0 Å². The molecule has 0 radical (unpaired) electrons. The predicted molar refractivity (Wildman–Crippen MR) is 89.2 cm³/mol. The summed E-state index contributed by atoms with van der Waals surface area (Å²) in [7, 11) is 1.39. The number of carbonyl (C=O) groups is 1. The SMILES string of the molecule is COc1nc(OC2CC3C(C2)C3(F)F)c(F)cc1CNC(=O)C1CCCN1. The largest absolute Gasteiger partial charge is 0.481 e. The van der Waals surface area contributed by atoms with Gasteiger partial charge in [0.25, 0.3) is 11.8 Å². The van der Waals surface area contributed by atoms with E-state index < -0.39 is 29.7 Å². The highest BCUT2D eigenvalue weighted by atomic mass is 19.3. The molecule has 3 unspecified atom stereocenters. The van der Waals surface area contributed by atoms with Gasteiger partial charge in [-0.15, -0.1) is 0 Å². The van der Waals surface area contributed by atoms with Crippen LogP contribution in [-0.4, -0.2) is 42.6 Å². The Labute approximate surface area is 154 Å². The molecule has 1 aromatic rings. The number of hydrogen-bond acceptors (Lipinski definition) is 5. The molecule has 1 aliphatic heterocycles. The number of aromatic nitrogens is 1. The minimum atomic E-state index is -2.60. The van der Waals surface area contributed by atoms with Crippen LogP contribution in [0.5, 0.6) is 11.8 Å². The lowest BCUT2D eigenvalue weighted by molar-refractivity contribution is -0.122. The van der Waals surface area contributed by atoms with Crippen LogP contribution in [0.2, 0.25) is 0 Å². The highest BCUT2D eigenvalue weighted by molar-refractivity contribution is 5.82. The second-order valence-electron chi connectivity index (χ2n) is 7.41. The lowest BCUT2D eigenvalue weighted by atomic mass is 10.2. The first-order valence-electron chi connectivity index (χ1n) is 9.19. The van der Waals surface area contributed by atoms with Gasteiger partial charge < -0.3 is 20.1 Å². The standard InChI is InChI=1S/C18H22F3N3O3/c1-26-16-9(8-23-15(25)14-3-2-4-22-14)5-13(19)17(24-16)27-10-6-11-12(7-10)18(11,20)21/h5,10-12,14,22H,2-4,6-8H2,1H3,(H,23,25). The molecule has 3 atom stereocenters. The van der Waals surface area contributed by atoms with Crippen LogP contribution < -0.4 is 20.1 Å². The van der Waals surface area contributed by atoms with Gasteiger partial charge in [0.1, 0.15) is 6.10 Å². The van der Waals surface area contributed by atoms with Gasteiger partial charge in [-0.25, -0.2) is 13.2 Å². The number of fused-ring (bicyclic) bond motifs is 1. The number of pyridine rings is 1. The van der Waals surface area contributed by atoms with Gasteiger partial charge in [-0.2, -0.15) is 4.98 Å². The van der Waals surface area contributed by atoms with Gasteiger partial charge in [-0.3, -0.25) is 4.79 Å². The van der Waals surface area contributed by atoms with Crippen LogP contribution in [-0.2, 0) is 11.3 Å². The van der Waals surface area contributed by atoms with Crippen molar-refractivity contribution >= 4 is 5.91 Å². The van der Waals surface area contributed by atoms with Gasteiger partial charge in [0.05, 0.1) is 13.2 Å². The summed E-state index contributed by atoms with van der Waals surface area (Å²) in [5.74, 6) is -4.89. The maximum atomic E-state index is 14.4. The first-order valence-corrected chi connectivity index (χ1v) is 9.19. The average Bonchev–Trinajstić information content (AvgIpc) is 3.12. The number of alkyl halides is 2. The minimum Gasteiger partial charge on any atom is -0.481 e. The lowest BCUT2D eigenvalue weighted by Crippen LogP contribution is -2.40. The molecule has 2 saturated carbocycles. The van der Waals surface area contributed by atoms with Crippen molar-refractivity contribution < 1.29 is 27.4 Å². The molecule has 1 amide bonds. The Kier molecular flexibility index (Phi) is 4.65. The molecular formula is C18H22F3N3O3. The van der Waals surface area contributed by atoms with Crippen LogP contribution in [0.4, 0.5) is 13.2 Å². The predicted octanol–water partition coefficient (Wildman–Crippen LogP) is 2.02. The second-order valence-corrected chi connectivity index (χ2v) is 7.41. The van der Waals surface area contributed by atoms with E-state index >= 15 is 0 Å². The Morgan fingerprint density at radius 1 is 1.37 bits per heavy atom. The Bertz CT molecular complexity index is 726. The monoisotopic (exact) mass is 385 g/mol. The molecule has 2 aliphatic carbocycles. The third-order valence-electron chi connectivity index (χ3n) is 5.68. The summed E-state index contributed by atoms with van der Waals surface area (Å²) in [6, 6.07) is 0.969. The van der Waals surface area contributed by atoms with Crippen molar-refractivity contribution in [2.45, 2.75) is 50.3 Å². The number of nitrogens with one attached hydrogen (secondary N) is 2. The number of hydrogen-bond donors (Lipinski definition) is 2. The van der Waals surface area contributed by atoms with Crippen LogP contribution in [0.1, 0.15) is 31.2 Å². The van der Waals surface area contributed by atoms with Crippen molar-refractivity contribution in [1.29, 1.82) is 0 Å². The summed E-state index contributed by atoms with van der Waals surface area (Å²) in [6.45, 7) is 0.878. The molecule has 27 heavy (non-hydrogen) atoms. The Morgan fingerprint density at radius 3 is 2.74 bits per heavy atom. The van der Waals surface area contributed by atoms with Gasteiger partial charge in [0.2, 0.25) is 11.8 Å². The summed E-state index contributed by atoms with van der Waals surface area (Å²) < 4.78 is 51.6. The van der Waals surface area contributed by atoms with Crippen LogP contribution in [0.3, 0.4) is 0 Å². The number of amides is 1. The molecule has 3 aliphatic rings. The molecule has 1 saturated heterocycles. The smallest absolute Gasteiger partial charge is 0.254 e. The Morgan fingerprint density at radius 2 is 2.11 bits per heavy atom. The topological polar surface area (TPSA) is 72.5 Å². The molecule has 2 N–H and O–H groups in total. The summed E-state index contributed by atoms with van der Waals surface area (Å²) in [5.41, 5.74) is 0.384. The van der Waals surface area contributed by atoms with Crippen LogP contribution in [0, 0.1) is 17.7 Å². The summed E-state index contributed by atoms with van der Waals surface area (Å²) in [5, 5.41) is 5.83. The number of nitrogens with zero attached hydrogens (tertiary/aromatic N) is 1. The van der Waals surface area contributed by atoms with Crippen molar-refractivity contribution in [1.82, 2.24) is 15.6 Å². The molecule has 1 aromatic heterocycles. The molecule has 0 bridgehead atoms. The van der Waals surface area contributed by atoms with E-state index in [0.717, 1.165) is 19.4 Å². The van der Waals surface area contributed by atoms with Gasteiger partial charge >= 0.3 is 0 Å². The molecule has 9 heteroatoms. The van der Waals surface area contributed by atoms with E-state index in [9.17, 15) is 18.0 Å². The van der Waals surface area contributed by atoms with Crippen molar-refractivity contribution in [3.8, 4) is 11.8 Å². The zero-order valence-corrected chi connectivity index (χ0v) is 14.9. The Hall–Kier alpha value is -2.03. The second kappa shape index (κ2) is 6.85. The van der Waals surface area contributed by atoms with Gasteiger partial charge in [0.15, 0.2) is 5.82 Å². The number of ether oxygens (including phenoxy) is 2. The van der Waals surface area contributed by atoms with E-state index in [4.69, 9.17) is 9.47 Å². The van der Waals surface area contributed by atoms with Crippen LogP contribution >= 0.6 is 0 Å². The highest BCUT2D eigenvalue weighted by Crippen LogP contribution is 2.64. The van der Waals surface area contributed by atoms with E-state index in [1.165, 1.54) is 13.2 Å². The number of halogens is 3. The number of methoxy groups -OCH3 is 1. The van der Waals surface area contributed by atoms with Gasteiger partial charge in [-0.1, -0.05) is 0 Å². The fraction of sp³-hybridized carbons (Fsp3) is 0.667. The molecule has 0 aromatic carbocycles. The number of carbonyl (C=O) groups excluding carboxylic acids is 1. The third kappa shape index (κ3) is 3.44. The zero-order chi connectivity index (χ0) is 19.2. The van der Waals surface area contributed by atoms with E-state index in [-0.39, 0.29) is 43.1 Å². The molecular weight excluding hydrogens is 363 g/mol. The molecule has 2 heterocycles. The van der Waals surface area contributed by atoms with Gasteiger partial charge in [0, 0.05) is 23.9 Å². The van der Waals surface area contributed by atoms with Crippen LogP contribution in [0.25, 0.3) is 0 Å². The third-order valence-corrected chi connectivity index (χ3v) is 5.68. The molecule has 6 nitrogen and oxygen atoms in total. The van der Waals surface area contributed by atoms with Crippen molar-refractivity contribution in [3.05, 3.63) is 17.4 Å². The fourth-order valence-electron chi connectivity index (χ4n) is 4.11. The van der Waals surface area contributed by atoms with Gasteiger partial charge in [-0.05, 0) is 38.3 Å². The molecule has 4 rings (SSSR count). The molecule has 3 fully saturated rings. The fourth-order valence-corrected chi connectivity index (χ4v) is 4.11. The average molecular weight is 385 g/mol. The first-order chi connectivity index (χ1) is 12.9. The van der Waals surface area contributed by atoms with E-state index in [0.29, 0.717) is 5.56 Å². The Balaban J connectivity index is 1.39. The number of rotatable bonds is 6. The molecule has 148 valence electrons. The zero-order valence-electron chi connectivity index (χ0n) is 14.9. The first kappa shape index (κ1) is 18.3. The summed E-state index contributed by atoms with van der Waals surface area (Å²) >= 11 is 0. The lowest BCUT2D eigenvalue weighted by Gasteiger charge is -2.18. The minimum absolute atomic E-state index is 0.0736. The van der Waals surface area contributed by atoms with Crippen LogP contribution in [0.15, 0.2) is 6.07 Å². The maximum absolute atomic E-state index is 14.4. The summed E-state index contributed by atoms with van der Waals surface area (Å²) in [6.07, 6.45) is 1.65. The van der Waals surface area contributed by atoms with Crippen molar-refractivity contribution in [3.63, 3.8) is 0 Å². The van der Waals surface area contributed by atoms with E-state index in [2.05, 4.69) is 15.6 Å². The highest BCUT2D eigenvalue weighted by Gasteiger charge is 2.72. The maximum Gasteiger partial charge on any atom is 0.254 e. The van der Waals surface area contributed by atoms with Crippen molar-refractivity contribution in [2.24, 2.45) is 11.8 Å². The molecule has 0 spiro atoms. The normalized spacial score (nSPS) is 30.7. The van der Waals surface area contributed by atoms with Crippen molar-refractivity contribution in [2.75, 3.05) is 13.7 Å². The quantitative estimate of drug-likeness (QED) is 0.784. The van der Waals surface area contributed by atoms with E-state index in [1.807, 2.05) is 0 Å².